The number of hydrogen-bond donors (Lipinski definition) is 2. The molecule has 2 N–H and O–H groups in total. The van der Waals surface area contributed by atoms with Gasteiger partial charge in [-0.25, -0.2) is 0 Å². The van der Waals surface area contributed by atoms with Gasteiger partial charge in [-0.2, -0.15) is 0 Å². The van der Waals surface area contributed by atoms with Gasteiger partial charge in [0.2, 0.25) is 0 Å². The minimum atomic E-state index is -1.10. The van der Waals surface area contributed by atoms with Gasteiger partial charge in [-0.15, -0.1) is 0 Å². The van der Waals surface area contributed by atoms with Gasteiger partial charge in [0.1, 0.15) is 12.2 Å². The van der Waals surface area contributed by atoms with Gasteiger partial charge in [0.25, 0.3) is 0 Å². The predicted octanol–water partition coefficient (Wildman–Crippen LogP) is -0.668. The summed E-state index contributed by atoms with van der Waals surface area (Å²) in [6.45, 7) is 0. The summed E-state index contributed by atoms with van der Waals surface area (Å²) in [5, 5.41) is 22.5. The Morgan fingerprint density at radius 2 is 2.21 bits per heavy atom. The summed E-state index contributed by atoms with van der Waals surface area (Å²) in [4.78, 5) is 13.4. The monoisotopic (exact) mass is 199 g/mol. The molecule has 5 atom stereocenters. The highest BCUT2D eigenvalue weighted by molar-refractivity contribution is 5.72. The number of carbonyl (C=O) groups is 1. The van der Waals surface area contributed by atoms with Gasteiger partial charge < -0.3 is 14.9 Å². The summed E-state index contributed by atoms with van der Waals surface area (Å²) in [5.41, 5.74) is 8.21. The molecule has 7 nitrogen and oxygen atoms in total. The van der Waals surface area contributed by atoms with E-state index in [9.17, 15) is 15.0 Å². The fourth-order valence-corrected chi connectivity index (χ4v) is 2.08. The number of azide groups is 1. The zero-order valence-corrected chi connectivity index (χ0v) is 7.15. The number of ether oxygens (including phenoxy) is 1. The Balaban J connectivity index is 2.23. The molecule has 2 fully saturated rings. The molecule has 0 aromatic carbocycles. The first-order chi connectivity index (χ1) is 6.65. The van der Waals surface area contributed by atoms with E-state index in [4.69, 9.17) is 10.3 Å². The topological polar surface area (TPSA) is 116 Å². The number of rotatable bonds is 1. The van der Waals surface area contributed by atoms with Crippen LogP contribution in [0.25, 0.3) is 10.4 Å². The lowest BCUT2D eigenvalue weighted by Gasteiger charge is -2.14. The Morgan fingerprint density at radius 3 is 2.79 bits per heavy atom. The molecular weight excluding hydrogens is 190 g/mol. The third-order valence-electron chi connectivity index (χ3n) is 2.75. The maximum Gasteiger partial charge on any atom is 0.306 e. The number of hydrogen-bond acceptors (Lipinski definition) is 5. The molecule has 1 heterocycles. The highest BCUT2D eigenvalue weighted by Gasteiger charge is 2.55. The molecular formula is C7H9N3O4. The minimum absolute atomic E-state index is 0.0698. The molecule has 2 rings (SSSR count). The standard InChI is InChI=1S/C7H9N3O4/c8-10-9-4-5(12)2-1-3(11)14-7(2)6(4)13/h2,4-7,12-13H,1H2. The van der Waals surface area contributed by atoms with E-state index >= 15 is 0 Å². The first kappa shape index (κ1) is 9.26. The molecule has 76 valence electrons. The Bertz CT molecular complexity index is 294. The molecule has 0 aromatic heterocycles. The van der Waals surface area contributed by atoms with Crippen molar-refractivity contribution in [2.75, 3.05) is 0 Å². The van der Waals surface area contributed by atoms with Crippen LogP contribution in [-0.4, -0.2) is 40.5 Å². The number of esters is 1. The summed E-state index contributed by atoms with van der Waals surface area (Å²) in [6.07, 6.45) is -2.76. The van der Waals surface area contributed by atoms with Gasteiger partial charge >= 0.3 is 5.97 Å². The van der Waals surface area contributed by atoms with E-state index < -0.39 is 36.2 Å². The van der Waals surface area contributed by atoms with Crippen molar-refractivity contribution in [3.63, 3.8) is 0 Å². The van der Waals surface area contributed by atoms with Gasteiger partial charge in [-0.3, -0.25) is 4.79 Å². The molecule has 1 saturated carbocycles. The van der Waals surface area contributed by atoms with Crippen LogP contribution >= 0.6 is 0 Å². The summed E-state index contributed by atoms with van der Waals surface area (Å²) >= 11 is 0. The van der Waals surface area contributed by atoms with Crippen LogP contribution in [0.15, 0.2) is 5.11 Å². The fraction of sp³-hybridized carbons (Fsp3) is 0.857. The number of fused-ring (bicyclic) bond motifs is 1. The van der Waals surface area contributed by atoms with Gasteiger partial charge in [0.05, 0.1) is 18.6 Å². The van der Waals surface area contributed by atoms with E-state index in [0.29, 0.717) is 0 Å². The Hall–Kier alpha value is -1.30. The van der Waals surface area contributed by atoms with Crippen LogP contribution in [0.4, 0.5) is 0 Å². The average Bonchev–Trinajstić information content (AvgIpc) is 2.61. The second-order valence-corrected chi connectivity index (χ2v) is 3.50. The SMILES string of the molecule is [N-]=[N+]=NC1C(O)C2CC(=O)OC2C1O. The molecule has 14 heavy (non-hydrogen) atoms. The lowest BCUT2D eigenvalue weighted by molar-refractivity contribution is -0.145. The molecule has 0 bridgehead atoms. The van der Waals surface area contributed by atoms with Crippen molar-refractivity contribution in [2.24, 2.45) is 11.0 Å². The average molecular weight is 199 g/mol. The van der Waals surface area contributed by atoms with Crippen LogP contribution in [0.2, 0.25) is 0 Å². The molecule has 1 aliphatic heterocycles. The maximum absolute atomic E-state index is 10.9. The maximum atomic E-state index is 10.9. The number of nitrogens with zero attached hydrogens (tertiary/aromatic N) is 3. The van der Waals surface area contributed by atoms with Gasteiger partial charge in [0, 0.05) is 10.8 Å². The van der Waals surface area contributed by atoms with Crippen molar-refractivity contribution in [1.82, 2.24) is 0 Å². The number of carbonyl (C=O) groups excluding carboxylic acids is 1. The van der Waals surface area contributed by atoms with Crippen molar-refractivity contribution in [3.8, 4) is 0 Å². The van der Waals surface area contributed by atoms with E-state index in [1.807, 2.05) is 0 Å². The molecule has 1 aliphatic carbocycles. The second-order valence-electron chi connectivity index (χ2n) is 3.50. The lowest BCUT2D eigenvalue weighted by Crippen LogP contribution is -2.32. The number of aliphatic hydroxyl groups is 2. The van der Waals surface area contributed by atoms with E-state index in [-0.39, 0.29) is 6.42 Å². The molecule has 2 aliphatic rings. The zero-order valence-electron chi connectivity index (χ0n) is 7.15. The fourth-order valence-electron chi connectivity index (χ4n) is 2.08. The van der Waals surface area contributed by atoms with Gasteiger partial charge in [0.15, 0.2) is 0 Å². The van der Waals surface area contributed by atoms with Crippen molar-refractivity contribution >= 4 is 5.97 Å². The summed E-state index contributed by atoms with van der Waals surface area (Å²) in [7, 11) is 0. The summed E-state index contributed by atoms with van der Waals surface area (Å²) < 4.78 is 4.81. The van der Waals surface area contributed by atoms with Crippen LogP contribution in [0, 0.1) is 5.92 Å². The van der Waals surface area contributed by atoms with E-state index in [1.54, 1.807) is 0 Å². The van der Waals surface area contributed by atoms with Crippen LogP contribution in [0.3, 0.4) is 0 Å². The third-order valence-corrected chi connectivity index (χ3v) is 2.75. The van der Waals surface area contributed by atoms with Crippen LogP contribution in [0.5, 0.6) is 0 Å². The highest BCUT2D eigenvalue weighted by atomic mass is 16.6. The van der Waals surface area contributed by atoms with Crippen molar-refractivity contribution < 1.29 is 19.7 Å². The van der Waals surface area contributed by atoms with E-state index in [2.05, 4.69) is 10.0 Å². The molecule has 1 saturated heterocycles. The Kier molecular flexibility index (Phi) is 2.07. The first-order valence-electron chi connectivity index (χ1n) is 4.25. The van der Waals surface area contributed by atoms with Crippen LogP contribution < -0.4 is 0 Å². The molecule has 5 unspecified atom stereocenters. The van der Waals surface area contributed by atoms with Crippen LogP contribution in [0.1, 0.15) is 6.42 Å². The van der Waals surface area contributed by atoms with Crippen molar-refractivity contribution in [3.05, 3.63) is 10.4 Å². The van der Waals surface area contributed by atoms with E-state index in [0.717, 1.165) is 0 Å². The largest absolute Gasteiger partial charge is 0.459 e. The number of aliphatic hydroxyl groups excluding tert-OH is 2. The second kappa shape index (κ2) is 3.13. The first-order valence-corrected chi connectivity index (χ1v) is 4.25. The lowest BCUT2D eigenvalue weighted by atomic mass is 10.0. The van der Waals surface area contributed by atoms with Crippen molar-refractivity contribution in [2.45, 2.75) is 30.8 Å². The Morgan fingerprint density at radius 1 is 1.50 bits per heavy atom. The smallest absolute Gasteiger partial charge is 0.306 e. The summed E-state index contributed by atoms with van der Waals surface area (Å²) in [5.74, 6) is -0.884. The quantitative estimate of drug-likeness (QED) is 0.252. The van der Waals surface area contributed by atoms with Crippen LogP contribution in [-0.2, 0) is 9.53 Å². The molecule has 0 amide bonds. The third kappa shape index (κ3) is 1.14. The van der Waals surface area contributed by atoms with Gasteiger partial charge in [-0.1, -0.05) is 5.11 Å². The molecule has 0 radical (unpaired) electrons. The van der Waals surface area contributed by atoms with E-state index in [1.165, 1.54) is 0 Å². The molecule has 7 heteroatoms. The normalized spacial score (nSPS) is 45.6. The summed E-state index contributed by atoms with van der Waals surface area (Å²) in [6, 6.07) is -0.914. The predicted molar refractivity (Wildman–Crippen MR) is 42.9 cm³/mol. The molecule has 0 spiro atoms. The minimum Gasteiger partial charge on any atom is -0.459 e. The molecule has 0 aromatic rings. The zero-order chi connectivity index (χ0) is 10.3. The van der Waals surface area contributed by atoms with Gasteiger partial charge in [-0.05, 0) is 5.53 Å². The highest BCUT2D eigenvalue weighted by Crippen LogP contribution is 2.38. The Labute approximate surface area is 78.9 Å². The van der Waals surface area contributed by atoms with Crippen molar-refractivity contribution in [1.29, 1.82) is 0 Å².